The molecule has 3 rings (SSSR count). The van der Waals surface area contributed by atoms with Crippen LogP contribution in [0.15, 0.2) is 41.8 Å². The number of benzene rings is 1. The quantitative estimate of drug-likeness (QED) is 0.809. The third kappa shape index (κ3) is 3.65. The Morgan fingerprint density at radius 2 is 2.23 bits per heavy atom. The summed E-state index contributed by atoms with van der Waals surface area (Å²) in [6, 6.07) is 10.2. The maximum atomic E-state index is 13.2. The van der Waals surface area contributed by atoms with E-state index in [-0.39, 0.29) is 11.7 Å². The number of carbonyl (C=O) groups is 1. The molecule has 1 fully saturated rings. The highest BCUT2D eigenvalue weighted by molar-refractivity contribution is 7.09. The number of amides is 1. The summed E-state index contributed by atoms with van der Waals surface area (Å²) in [5.74, 6) is -0.0253. The molecule has 1 aromatic heterocycles. The number of carbonyl (C=O) groups excluding carboxylic acids is 1. The molecule has 0 radical (unpaired) electrons. The molecular formula is C17H18FNO2S. The highest BCUT2D eigenvalue weighted by Crippen LogP contribution is 2.30. The Balaban J connectivity index is 1.67. The monoisotopic (exact) mass is 319 g/mol. The average molecular weight is 319 g/mol. The first-order chi connectivity index (χ1) is 10.6. The molecule has 1 atom stereocenters. The van der Waals surface area contributed by atoms with Crippen molar-refractivity contribution in [1.82, 2.24) is 4.90 Å². The molecule has 2 aromatic rings. The van der Waals surface area contributed by atoms with Gasteiger partial charge in [0.2, 0.25) is 0 Å². The van der Waals surface area contributed by atoms with E-state index in [0.717, 1.165) is 12.8 Å². The molecule has 116 valence electrons. The van der Waals surface area contributed by atoms with Crippen LogP contribution in [-0.4, -0.2) is 23.0 Å². The molecule has 1 heterocycles. The van der Waals surface area contributed by atoms with Crippen LogP contribution in [0.5, 0.6) is 5.75 Å². The Labute approximate surface area is 133 Å². The molecule has 1 unspecified atom stereocenters. The van der Waals surface area contributed by atoms with Crippen LogP contribution in [0.25, 0.3) is 0 Å². The van der Waals surface area contributed by atoms with Gasteiger partial charge in [-0.15, -0.1) is 11.3 Å². The lowest BCUT2D eigenvalue weighted by Crippen LogP contribution is -2.41. The van der Waals surface area contributed by atoms with E-state index in [9.17, 15) is 9.18 Å². The van der Waals surface area contributed by atoms with Crippen molar-refractivity contribution in [2.24, 2.45) is 0 Å². The van der Waals surface area contributed by atoms with Gasteiger partial charge in [0.05, 0.1) is 6.54 Å². The number of hydrogen-bond acceptors (Lipinski definition) is 3. The van der Waals surface area contributed by atoms with Gasteiger partial charge in [-0.1, -0.05) is 12.1 Å². The molecule has 0 saturated heterocycles. The first kappa shape index (κ1) is 15.0. The van der Waals surface area contributed by atoms with Gasteiger partial charge in [-0.25, -0.2) is 4.39 Å². The van der Waals surface area contributed by atoms with Crippen molar-refractivity contribution >= 4 is 17.2 Å². The van der Waals surface area contributed by atoms with E-state index in [1.807, 2.05) is 22.4 Å². The summed E-state index contributed by atoms with van der Waals surface area (Å²) in [5, 5.41) is 2.01. The van der Waals surface area contributed by atoms with E-state index in [1.165, 1.54) is 17.0 Å². The van der Waals surface area contributed by atoms with E-state index >= 15 is 0 Å². The zero-order valence-electron chi connectivity index (χ0n) is 12.4. The minimum Gasteiger partial charge on any atom is -0.481 e. The third-order valence-electron chi connectivity index (χ3n) is 3.63. The van der Waals surface area contributed by atoms with Crippen LogP contribution >= 0.6 is 11.3 Å². The Hall–Kier alpha value is -1.88. The van der Waals surface area contributed by atoms with Crippen molar-refractivity contribution in [3.05, 3.63) is 52.5 Å². The fourth-order valence-electron chi connectivity index (χ4n) is 2.37. The fourth-order valence-corrected chi connectivity index (χ4v) is 3.07. The summed E-state index contributed by atoms with van der Waals surface area (Å²) in [5.41, 5.74) is 0. The van der Waals surface area contributed by atoms with Gasteiger partial charge in [0.25, 0.3) is 5.91 Å². The number of halogens is 1. The average Bonchev–Trinajstić information content (AvgIpc) is 3.20. The van der Waals surface area contributed by atoms with E-state index in [1.54, 1.807) is 30.4 Å². The van der Waals surface area contributed by atoms with E-state index in [0.29, 0.717) is 18.3 Å². The first-order valence-electron chi connectivity index (χ1n) is 7.38. The normalized spacial score (nSPS) is 15.4. The summed E-state index contributed by atoms with van der Waals surface area (Å²) in [7, 11) is 0. The van der Waals surface area contributed by atoms with Crippen molar-refractivity contribution < 1.29 is 13.9 Å². The summed E-state index contributed by atoms with van der Waals surface area (Å²) in [6.45, 7) is 2.34. The van der Waals surface area contributed by atoms with Crippen LogP contribution in [0.4, 0.5) is 4.39 Å². The lowest BCUT2D eigenvalue weighted by molar-refractivity contribution is -0.139. The van der Waals surface area contributed by atoms with Crippen LogP contribution in [0.2, 0.25) is 0 Å². The van der Waals surface area contributed by atoms with Crippen molar-refractivity contribution in [3.63, 3.8) is 0 Å². The molecule has 0 bridgehead atoms. The summed E-state index contributed by atoms with van der Waals surface area (Å²) < 4.78 is 18.8. The standard InChI is InChI=1S/C17H18FNO2S/c1-12(21-15-5-2-4-13(18)10-15)17(20)19(14-7-8-14)11-16-6-3-9-22-16/h2-6,9-10,12,14H,7-8,11H2,1H3. The van der Waals surface area contributed by atoms with Crippen molar-refractivity contribution in [2.75, 3.05) is 0 Å². The molecule has 1 amide bonds. The predicted octanol–water partition coefficient (Wildman–Crippen LogP) is 3.85. The molecule has 1 aliphatic rings. The van der Waals surface area contributed by atoms with Crippen LogP contribution < -0.4 is 4.74 Å². The van der Waals surface area contributed by atoms with Gasteiger partial charge in [0.1, 0.15) is 11.6 Å². The number of ether oxygens (including phenoxy) is 1. The van der Waals surface area contributed by atoms with Crippen molar-refractivity contribution in [3.8, 4) is 5.75 Å². The largest absolute Gasteiger partial charge is 0.481 e. The van der Waals surface area contributed by atoms with Crippen LogP contribution in [0.3, 0.4) is 0 Å². The molecule has 0 aliphatic heterocycles. The number of nitrogens with zero attached hydrogens (tertiary/aromatic N) is 1. The predicted molar refractivity (Wildman–Crippen MR) is 84.4 cm³/mol. The summed E-state index contributed by atoms with van der Waals surface area (Å²) >= 11 is 1.65. The maximum absolute atomic E-state index is 13.2. The molecule has 0 spiro atoms. The summed E-state index contributed by atoms with van der Waals surface area (Å²) in [6.07, 6.45) is 1.47. The van der Waals surface area contributed by atoms with Gasteiger partial charge in [0, 0.05) is 17.0 Å². The Bertz CT molecular complexity index is 640. The number of hydrogen-bond donors (Lipinski definition) is 0. The van der Waals surface area contributed by atoms with Gasteiger partial charge < -0.3 is 9.64 Å². The molecule has 1 aromatic carbocycles. The smallest absolute Gasteiger partial charge is 0.263 e. The SMILES string of the molecule is CC(Oc1cccc(F)c1)C(=O)N(Cc1cccs1)C1CC1. The second kappa shape index (κ2) is 6.48. The van der Waals surface area contributed by atoms with E-state index in [2.05, 4.69) is 0 Å². The Kier molecular flexibility index (Phi) is 4.43. The maximum Gasteiger partial charge on any atom is 0.263 e. The van der Waals surface area contributed by atoms with Crippen molar-refractivity contribution in [1.29, 1.82) is 0 Å². The Morgan fingerprint density at radius 1 is 1.41 bits per heavy atom. The topological polar surface area (TPSA) is 29.5 Å². The second-order valence-corrected chi connectivity index (χ2v) is 6.53. The van der Waals surface area contributed by atoms with E-state index in [4.69, 9.17) is 4.74 Å². The zero-order chi connectivity index (χ0) is 15.5. The molecule has 22 heavy (non-hydrogen) atoms. The lowest BCUT2D eigenvalue weighted by Gasteiger charge is -2.25. The molecule has 5 heteroatoms. The number of rotatable bonds is 6. The molecular weight excluding hydrogens is 301 g/mol. The fraction of sp³-hybridized carbons (Fsp3) is 0.353. The third-order valence-corrected chi connectivity index (χ3v) is 4.49. The molecule has 0 N–H and O–H groups in total. The van der Waals surface area contributed by atoms with Gasteiger partial charge in [-0.3, -0.25) is 4.79 Å². The van der Waals surface area contributed by atoms with Crippen LogP contribution in [-0.2, 0) is 11.3 Å². The minimum atomic E-state index is -0.623. The number of thiophene rings is 1. The Morgan fingerprint density at radius 3 is 2.86 bits per heavy atom. The van der Waals surface area contributed by atoms with Crippen LogP contribution in [0, 0.1) is 5.82 Å². The van der Waals surface area contributed by atoms with Gasteiger partial charge >= 0.3 is 0 Å². The minimum absolute atomic E-state index is 0.0415. The van der Waals surface area contributed by atoms with Gasteiger partial charge in [-0.2, -0.15) is 0 Å². The second-order valence-electron chi connectivity index (χ2n) is 5.49. The molecule has 1 saturated carbocycles. The lowest BCUT2D eigenvalue weighted by atomic mass is 10.3. The highest BCUT2D eigenvalue weighted by atomic mass is 32.1. The summed E-state index contributed by atoms with van der Waals surface area (Å²) in [4.78, 5) is 15.7. The van der Waals surface area contributed by atoms with Crippen LogP contribution in [0.1, 0.15) is 24.6 Å². The van der Waals surface area contributed by atoms with Gasteiger partial charge in [-0.05, 0) is 43.3 Å². The zero-order valence-corrected chi connectivity index (χ0v) is 13.2. The highest BCUT2D eigenvalue weighted by Gasteiger charge is 2.35. The first-order valence-corrected chi connectivity index (χ1v) is 8.26. The molecule has 1 aliphatic carbocycles. The van der Waals surface area contributed by atoms with Gasteiger partial charge in [0.15, 0.2) is 6.10 Å². The van der Waals surface area contributed by atoms with Crippen molar-refractivity contribution in [2.45, 2.75) is 38.5 Å². The molecule has 3 nitrogen and oxygen atoms in total. The van der Waals surface area contributed by atoms with E-state index < -0.39 is 6.10 Å².